The van der Waals surface area contributed by atoms with E-state index in [4.69, 9.17) is 16.2 Å². The molecule has 0 saturated carbocycles. The number of aliphatic carboxylic acids is 1. The standard InChI is InChI=1S/C8H18N4O2/c1-5(6(9)7(13)14)3-4-12-8(10)11-2/h5-6H,3-4,9H2,1-2H3,(H,13,14)(H3,10,11,12). The van der Waals surface area contributed by atoms with Gasteiger partial charge in [-0.3, -0.25) is 10.2 Å². The van der Waals surface area contributed by atoms with E-state index in [2.05, 4.69) is 10.6 Å². The number of hydrogen-bond donors (Lipinski definition) is 5. The first-order chi connectivity index (χ1) is 6.49. The van der Waals surface area contributed by atoms with Crippen LogP contribution in [0.25, 0.3) is 0 Å². The molecule has 0 radical (unpaired) electrons. The third kappa shape index (κ3) is 4.66. The minimum Gasteiger partial charge on any atom is -0.480 e. The molecule has 0 aromatic carbocycles. The topological polar surface area (TPSA) is 111 Å². The lowest BCUT2D eigenvalue weighted by Crippen LogP contribution is -2.40. The predicted molar refractivity (Wildman–Crippen MR) is 54.2 cm³/mol. The van der Waals surface area contributed by atoms with Gasteiger partial charge in [0.05, 0.1) is 0 Å². The first kappa shape index (κ1) is 12.7. The molecule has 0 aliphatic rings. The monoisotopic (exact) mass is 202 g/mol. The zero-order chi connectivity index (χ0) is 11.1. The van der Waals surface area contributed by atoms with Crippen molar-refractivity contribution in [1.82, 2.24) is 10.6 Å². The summed E-state index contributed by atoms with van der Waals surface area (Å²) >= 11 is 0. The highest BCUT2D eigenvalue weighted by atomic mass is 16.4. The summed E-state index contributed by atoms with van der Waals surface area (Å²) in [6, 6.07) is -0.833. The number of nitrogens with two attached hydrogens (primary N) is 1. The number of rotatable bonds is 5. The normalized spacial score (nSPS) is 14.2. The molecule has 2 unspecified atom stereocenters. The van der Waals surface area contributed by atoms with Gasteiger partial charge in [0.25, 0.3) is 0 Å². The van der Waals surface area contributed by atoms with Crippen LogP contribution in [0.1, 0.15) is 13.3 Å². The molecule has 0 rings (SSSR count). The third-order valence-electron chi connectivity index (χ3n) is 2.05. The molecule has 0 spiro atoms. The van der Waals surface area contributed by atoms with E-state index in [-0.39, 0.29) is 11.9 Å². The molecular formula is C8H18N4O2. The second kappa shape index (κ2) is 6.20. The van der Waals surface area contributed by atoms with Crippen LogP contribution in [0.5, 0.6) is 0 Å². The summed E-state index contributed by atoms with van der Waals surface area (Å²) in [5.74, 6) is -0.869. The van der Waals surface area contributed by atoms with Crippen molar-refractivity contribution in [3.63, 3.8) is 0 Å². The Labute approximate surface area is 83.4 Å². The van der Waals surface area contributed by atoms with Crippen molar-refractivity contribution in [3.05, 3.63) is 0 Å². The van der Waals surface area contributed by atoms with E-state index < -0.39 is 12.0 Å². The zero-order valence-electron chi connectivity index (χ0n) is 8.50. The van der Waals surface area contributed by atoms with Crippen LogP contribution in [-0.2, 0) is 4.79 Å². The van der Waals surface area contributed by atoms with E-state index in [9.17, 15) is 4.79 Å². The van der Waals surface area contributed by atoms with Gasteiger partial charge < -0.3 is 21.5 Å². The molecular weight excluding hydrogens is 184 g/mol. The van der Waals surface area contributed by atoms with Gasteiger partial charge in [0, 0.05) is 13.6 Å². The Kier molecular flexibility index (Phi) is 5.62. The third-order valence-corrected chi connectivity index (χ3v) is 2.05. The maximum Gasteiger partial charge on any atom is 0.320 e. The smallest absolute Gasteiger partial charge is 0.320 e. The van der Waals surface area contributed by atoms with Gasteiger partial charge >= 0.3 is 5.97 Å². The van der Waals surface area contributed by atoms with E-state index in [1.54, 1.807) is 14.0 Å². The van der Waals surface area contributed by atoms with Crippen LogP contribution < -0.4 is 16.4 Å². The highest BCUT2D eigenvalue weighted by molar-refractivity contribution is 5.76. The van der Waals surface area contributed by atoms with Crippen molar-refractivity contribution >= 4 is 11.9 Å². The molecule has 0 heterocycles. The first-order valence-corrected chi connectivity index (χ1v) is 4.47. The second-order valence-corrected chi connectivity index (χ2v) is 3.18. The molecule has 0 aromatic rings. The van der Waals surface area contributed by atoms with Crippen molar-refractivity contribution in [1.29, 1.82) is 5.41 Å². The molecule has 0 aromatic heterocycles. The summed E-state index contributed by atoms with van der Waals surface area (Å²) in [5, 5.41) is 21.2. The summed E-state index contributed by atoms with van der Waals surface area (Å²) in [4.78, 5) is 10.5. The van der Waals surface area contributed by atoms with Gasteiger partial charge in [-0.15, -0.1) is 0 Å². The Bertz CT molecular complexity index is 208. The lowest BCUT2D eigenvalue weighted by molar-refractivity contribution is -0.139. The highest BCUT2D eigenvalue weighted by Gasteiger charge is 2.19. The van der Waals surface area contributed by atoms with E-state index in [1.165, 1.54) is 0 Å². The first-order valence-electron chi connectivity index (χ1n) is 4.47. The summed E-state index contributed by atoms with van der Waals surface area (Å²) in [6.07, 6.45) is 0.623. The Morgan fingerprint density at radius 1 is 1.64 bits per heavy atom. The summed E-state index contributed by atoms with van der Waals surface area (Å²) in [5.41, 5.74) is 5.41. The fraction of sp³-hybridized carbons (Fsp3) is 0.750. The van der Waals surface area contributed by atoms with E-state index >= 15 is 0 Å². The number of carboxylic acids is 1. The second-order valence-electron chi connectivity index (χ2n) is 3.18. The molecule has 6 N–H and O–H groups in total. The van der Waals surface area contributed by atoms with E-state index in [1.807, 2.05) is 0 Å². The largest absolute Gasteiger partial charge is 0.480 e. The number of carbonyl (C=O) groups is 1. The minimum atomic E-state index is -0.985. The lowest BCUT2D eigenvalue weighted by atomic mass is 9.99. The molecule has 0 amide bonds. The Balaban J connectivity index is 3.68. The molecule has 0 fully saturated rings. The summed E-state index contributed by atoms with van der Waals surface area (Å²) in [6.45, 7) is 2.32. The lowest BCUT2D eigenvalue weighted by Gasteiger charge is -2.16. The maximum absolute atomic E-state index is 10.5. The minimum absolute atomic E-state index is 0.107. The fourth-order valence-electron chi connectivity index (χ4n) is 0.936. The summed E-state index contributed by atoms with van der Waals surface area (Å²) in [7, 11) is 1.64. The SMILES string of the molecule is CNC(=N)NCCC(C)C(N)C(=O)O. The van der Waals surface area contributed by atoms with Gasteiger partial charge in [-0.1, -0.05) is 6.92 Å². The fourth-order valence-corrected chi connectivity index (χ4v) is 0.936. The average molecular weight is 202 g/mol. The average Bonchev–Trinajstić information content (AvgIpc) is 2.15. The Hall–Kier alpha value is -1.30. The molecule has 6 nitrogen and oxygen atoms in total. The molecule has 2 atom stereocenters. The predicted octanol–water partition coefficient (Wildman–Crippen LogP) is -0.832. The van der Waals surface area contributed by atoms with Crippen molar-refractivity contribution < 1.29 is 9.90 Å². The van der Waals surface area contributed by atoms with Crippen LogP contribution in [0, 0.1) is 11.3 Å². The van der Waals surface area contributed by atoms with Crippen LogP contribution in [0.15, 0.2) is 0 Å². The molecule has 0 aliphatic carbocycles. The van der Waals surface area contributed by atoms with Gasteiger partial charge in [-0.25, -0.2) is 0 Å². The number of guanidine groups is 1. The highest BCUT2D eigenvalue weighted by Crippen LogP contribution is 2.04. The van der Waals surface area contributed by atoms with Crippen molar-refractivity contribution in [2.24, 2.45) is 11.7 Å². The molecule has 14 heavy (non-hydrogen) atoms. The number of carboxylic acid groups (broad SMARTS) is 1. The molecule has 82 valence electrons. The number of hydrogen-bond acceptors (Lipinski definition) is 3. The number of nitrogens with one attached hydrogen (secondary N) is 3. The Morgan fingerprint density at radius 2 is 2.21 bits per heavy atom. The zero-order valence-corrected chi connectivity index (χ0v) is 8.50. The van der Waals surface area contributed by atoms with E-state index in [0.717, 1.165) is 0 Å². The van der Waals surface area contributed by atoms with Gasteiger partial charge in [-0.2, -0.15) is 0 Å². The summed E-state index contributed by atoms with van der Waals surface area (Å²) < 4.78 is 0. The van der Waals surface area contributed by atoms with Crippen molar-refractivity contribution in [2.75, 3.05) is 13.6 Å². The maximum atomic E-state index is 10.5. The van der Waals surface area contributed by atoms with Crippen molar-refractivity contribution in [2.45, 2.75) is 19.4 Å². The van der Waals surface area contributed by atoms with Gasteiger partial charge in [0.1, 0.15) is 6.04 Å². The molecule has 0 saturated heterocycles. The van der Waals surface area contributed by atoms with Gasteiger partial charge in [0.2, 0.25) is 0 Å². The van der Waals surface area contributed by atoms with Crippen LogP contribution in [0.4, 0.5) is 0 Å². The van der Waals surface area contributed by atoms with Gasteiger partial charge in [-0.05, 0) is 12.3 Å². The molecule has 6 heteroatoms. The van der Waals surface area contributed by atoms with Crippen LogP contribution in [0.3, 0.4) is 0 Å². The van der Waals surface area contributed by atoms with Crippen LogP contribution in [-0.4, -0.2) is 36.7 Å². The Morgan fingerprint density at radius 3 is 2.64 bits per heavy atom. The molecule has 0 aliphatic heterocycles. The van der Waals surface area contributed by atoms with E-state index in [0.29, 0.717) is 13.0 Å². The van der Waals surface area contributed by atoms with Crippen LogP contribution in [0.2, 0.25) is 0 Å². The quantitative estimate of drug-likeness (QED) is 0.295. The van der Waals surface area contributed by atoms with Crippen molar-refractivity contribution in [3.8, 4) is 0 Å². The van der Waals surface area contributed by atoms with Crippen LogP contribution >= 0.6 is 0 Å². The van der Waals surface area contributed by atoms with Gasteiger partial charge in [0.15, 0.2) is 5.96 Å². The molecule has 0 bridgehead atoms.